The van der Waals surface area contributed by atoms with E-state index in [1.165, 1.54) is 25.0 Å². The Balaban J connectivity index is 1.69. The average molecular weight is 263 g/mol. The molecule has 1 unspecified atom stereocenters. The van der Waals surface area contributed by atoms with Crippen molar-refractivity contribution in [1.82, 2.24) is 4.98 Å². The number of benzene rings is 1. The lowest BCUT2D eigenvalue weighted by Crippen LogP contribution is -2.20. The van der Waals surface area contributed by atoms with Crippen LogP contribution in [-0.2, 0) is 0 Å². The zero-order valence-electron chi connectivity index (χ0n) is 10.2. The van der Waals surface area contributed by atoms with E-state index in [0.29, 0.717) is 17.0 Å². The lowest BCUT2D eigenvalue weighted by molar-refractivity contribution is 0.606. The fourth-order valence-corrected chi connectivity index (χ4v) is 3.45. The molecule has 2 heterocycles. The summed E-state index contributed by atoms with van der Waals surface area (Å²) in [6.07, 6.45) is 3.96. The van der Waals surface area contributed by atoms with Gasteiger partial charge in [-0.15, -0.1) is 0 Å². The van der Waals surface area contributed by atoms with Gasteiger partial charge >= 0.3 is 0 Å². The number of oxazole rings is 1. The molecule has 0 amide bonds. The SMILES string of the molecule is Nc1cccc2oc(NCC3CCCCS3)nc12. The highest BCUT2D eigenvalue weighted by molar-refractivity contribution is 7.99. The molecule has 0 radical (unpaired) electrons. The summed E-state index contributed by atoms with van der Waals surface area (Å²) in [5.41, 5.74) is 8.01. The summed E-state index contributed by atoms with van der Waals surface area (Å²) >= 11 is 2.04. The van der Waals surface area contributed by atoms with E-state index in [-0.39, 0.29) is 0 Å². The van der Waals surface area contributed by atoms with E-state index in [4.69, 9.17) is 10.2 Å². The molecule has 5 heteroatoms. The smallest absolute Gasteiger partial charge is 0.295 e. The van der Waals surface area contributed by atoms with Crippen LogP contribution in [0, 0.1) is 0 Å². The predicted molar refractivity (Wildman–Crippen MR) is 77.0 cm³/mol. The van der Waals surface area contributed by atoms with Crippen LogP contribution in [-0.4, -0.2) is 22.5 Å². The molecule has 0 aliphatic carbocycles. The van der Waals surface area contributed by atoms with Crippen LogP contribution in [0.4, 0.5) is 11.7 Å². The number of rotatable bonds is 3. The number of nitrogen functional groups attached to an aromatic ring is 1. The monoisotopic (exact) mass is 263 g/mol. The second-order valence-corrected chi connectivity index (χ2v) is 5.99. The molecular formula is C13H17N3OS. The van der Waals surface area contributed by atoms with Gasteiger partial charge in [-0.2, -0.15) is 16.7 Å². The zero-order chi connectivity index (χ0) is 12.4. The van der Waals surface area contributed by atoms with E-state index in [2.05, 4.69) is 10.3 Å². The Labute approximate surface area is 110 Å². The first-order valence-corrected chi connectivity index (χ1v) is 7.38. The minimum absolute atomic E-state index is 0.578. The molecule has 0 bridgehead atoms. The third kappa shape index (κ3) is 2.41. The van der Waals surface area contributed by atoms with E-state index in [1.54, 1.807) is 0 Å². The maximum atomic E-state index is 5.85. The maximum absolute atomic E-state index is 5.85. The van der Waals surface area contributed by atoms with E-state index >= 15 is 0 Å². The van der Waals surface area contributed by atoms with Gasteiger partial charge in [0.25, 0.3) is 6.01 Å². The molecule has 18 heavy (non-hydrogen) atoms. The molecule has 1 aromatic carbocycles. The predicted octanol–water partition coefficient (Wildman–Crippen LogP) is 3.11. The molecule has 1 saturated heterocycles. The summed E-state index contributed by atoms with van der Waals surface area (Å²) < 4.78 is 5.63. The number of hydrogen-bond acceptors (Lipinski definition) is 5. The molecule has 2 aromatic rings. The van der Waals surface area contributed by atoms with Crippen molar-refractivity contribution >= 4 is 34.6 Å². The molecule has 96 valence electrons. The summed E-state index contributed by atoms with van der Waals surface area (Å²) in [5, 5.41) is 3.95. The molecule has 0 saturated carbocycles. The van der Waals surface area contributed by atoms with Crippen molar-refractivity contribution in [3.8, 4) is 0 Å². The van der Waals surface area contributed by atoms with Gasteiger partial charge in [-0.3, -0.25) is 0 Å². The normalized spacial score (nSPS) is 20.1. The van der Waals surface area contributed by atoms with Crippen LogP contribution < -0.4 is 11.1 Å². The van der Waals surface area contributed by atoms with Gasteiger partial charge in [0.05, 0.1) is 5.69 Å². The van der Waals surface area contributed by atoms with Crippen LogP contribution in [0.15, 0.2) is 22.6 Å². The number of nitrogens with one attached hydrogen (secondary N) is 1. The first-order chi connectivity index (χ1) is 8.83. The molecule has 3 N–H and O–H groups in total. The second kappa shape index (κ2) is 5.10. The third-order valence-corrected chi connectivity index (χ3v) is 4.60. The summed E-state index contributed by atoms with van der Waals surface area (Å²) in [4.78, 5) is 4.38. The van der Waals surface area contributed by atoms with Gasteiger partial charge in [0.2, 0.25) is 0 Å². The van der Waals surface area contributed by atoms with Crippen LogP contribution in [0.1, 0.15) is 19.3 Å². The molecule has 1 atom stereocenters. The molecule has 1 aliphatic heterocycles. The van der Waals surface area contributed by atoms with Crippen LogP contribution in [0.2, 0.25) is 0 Å². The van der Waals surface area contributed by atoms with Crippen molar-refractivity contribution in [2.24, 2.45) is 0 Å². The number of hydrogen-bond donors (Lipinski definition) is 2. The fourth-order valence-electron chi connectivity index (χ4n) is 2.21. The van der Waals surface area contributed by atoms with Crippen LogP contribution in [0.25, 0.3) is 11.1 Å². The first kappa shape index (κ1) is 11.7. The second-order valence-electron chi connectivity index (χ2n) is 4.58. The quantitative estimate of drug-likeness (QED) is 0.833. The minimum Gasteiger partial charge on any atom is -0.423 e. The van der Waals surface area contributed by atoms with E-state index < -0.39 is 0 Å². The van der Waals surface area contributed by atoms with Gasteiger partial charge in [-0.1, -0.05) is 12.5 Å². The van der Waals surface area contributed by atoms with Crippen LogP contribution in [0.5, 0.6) is 0 Å². The van der Waals surface area contributed by atoms with Crippen LogP contribution >= 0.6 is 11.8 Å². The lowest BCUT2D eigenvalue weighted by atomic mass is 10.2. The molecule has 1 aromatic heterocycles. The Bertz CT molecular complexity index is 534. The number of nitrogens with two attached hydrogens (primary N) is 1. The number of nitrogens with zero attached hydrogens (tertiary/aromatic N) is 1. The van der Waals surface area contributed by atoms with Gasteiger partial charge in [-0.25, -0.2) is 0 Å². The summed E-state index contributed by atoms with van der Waals surface area (Å²) in [7, 11) is 0. The number of fused-ring (bicyclic) bond motifs is 1. The topological polar surface area (TPSA) is 64.1 Å². The Morgan fingerprint density at radius 3 is 3.17 bits per heavy atom. The number of para-hydroxylation sites is 1. The number of thioether (sulfide) groups is 1. The largest absolute Gasteiger partial charge is 0.423 e. The summed E-state index contributed by atoms with van der Waals surface area (Å²) in [5.74, 6) is 1.27. The van der Waals surface area contributed by atoms with E-state index in [0.717, 1.165) is 17.6 Å². The summed E-state index contributed by atoms with van der Waals surface area (Å²) in [6.45, 7) is 0.914. The van der Waals surface area contributed by atoms with Gasteiger partial charge in [0.15, 0.2) is 5.58 Å². The van der Waals surface area contributed by atoms with Crippen LogP contribution in [0.3, 0.4) is 0 Å². The number of anilines is 2. The highest BCUT2D eigenvalue weighted by Gasteiger charge is 2.15. The fraction of sp³-hybridized carbons (Fsp3) is 0.462. The van der Waals surface area contributed by atoms with Gasteiger partial charge < -0.3 is 15.5 Å². The summed E-state index contributed by atoms with van der Waals surface area (Å²) in [6, 6.07) is 6.18. The van der Waals surface area contributed by atoms with E-state index in [1.807, 2.05) is 30.0 Å². The van der Waals surface area contributed by atoms with Crippen molar-refractivity contribution in [2.45, 2.75) is 24.5 Å². The van der Waals surface area contributed by atoms with Gasteiger partial charge in [0, 0.05) is 11.8 Å². The standard InChI is InChI=1S/C13H17N3OS/c14-10-5-3-6-11-12(10)16-13(17-11)15-8-9-4-1-2-7-18-9/h3,5-6,9H,1-2,4,7-8,14H2,(H,15,16). The lowest BCUT2D eigenvalue weighted by Gasteiger charge is -2.20. The Morgan fingerprint density at radius 2 is 2.39 bits per heavy atom. The third-order valence-electron chi connectivity index (χ3n) is 3.21. The Morgan fingerprint density at radius 1 is 1.44 bits per heavy atom. The Kier molecular flexibility index (Phi) is 3.32. The Hall–Kier alpha value is -1.36. The van der Waals surface area contributed by atoms with Crippen molar-refractivity contribution in [3.05, 3.63) is 18.2 Å². The average Bonchev–Trinajstić information content (AvgIpc) is 2.82. The minimum atomic E-state index is 0.578. The highest BCUT2D eigenvalue weighted by Crippen LogP contribution is 2.27. The molecule has 0 spiro atoms. The number of aromatic nitrogens is 1. The van der Waals surface area contributed by atoms with Crippen molar-refractivity contribution in [1.29, 1.82) is 0 Å². The van der Waals surface area contributed by atoms with Crippen molar-refractivity contribution in [2.75, 3.05) is 23.3 Å². The molecule has 1 fully saturated rings. The first-order valence-electron chi connectivity index (χ1n) is 6.33. The molecular weight excluding hydrogens is 246 g/mol. The van der Waals surface area contributed by atoms with Crippen molar-refractivity contribution < 1.29 is 4.42 Å². The molecule has 3 rings (SSSR count). The van der Waals surface area contributed by atoms with Gasteiger partial charge in [0.1, 0.15) is 5.52 Å². The zero-order valence-corrected chi connectivity index (χ0v) is 11.0. The molecule has 4 nitrogen and oxygen atoms in total. The molecule has 1 aliphatic rings. The maximum Gasteiger partial charge on any atom is 0.295 e. The van der Waals surface area contributed by atoms with Gasteiger partial charge in [-0.05, 0) is 30.7 Å². The van der Waals surface area contributed by atoms with Crippen molar-refractivity contribution in [3.63, 3.8) is 0 Å². The highest BCUT2D eigenvalue weighted by atomic mass is 32.2. The van der Waals surface area contributed by atoms with E-state index in [9.17, 15) is 0 Å².